The molecule has 0 amide bonds. The second-order valence-corrected chi connectivity index (χ2v) is 6.35. The molecule has 0 aliphatic rings. The number of furan rings is 1. The number of benzene rings is 1. The molecule has 21 heavy (non-hydrogen) atoms. The molecule has 0 radical (unpaired) electrons. The summed E-state index contributed by atoms with van der Waals surface area (Å²) in [7, 11) is 1.75. The maximum Gasteiger partial charge on any atom is 0.148 e. The molecule has 0 fully saturated rings. The van der Waals surface area contributed by atoms with E-state index in [-0.39, 0.29) is 6.04 Å². The molecule has 1 heterocycles. The van der Waals surface area contributed by atoms with E-state index in [1.165, 1.54) is 0 Å². The first-order chi connectivity index (χ1) is 10.2. The third-order valence-corrected chi connectivity index (χ3v) is 4.41. The van der Waals surface area contributed by atoms with Gasteiger partial charge in [0, 0.05) is 19.1 Å². The van der Waals surface area contributed by atoms with Crippen LogP contribution in [0.5, 0.6) is 0 Å². The summed E-state index contributed by atoms with van der Waals surface area (Å²) in [6, 6.07) is 8.51. The summed E-state index contributed by atoms with van der Waals surface area (Å²) in [6.45, 7) is 6.18. The van der Waals surface area contributed by atoms with Crippen LogP contribution in [0.3, 0.4) is 0 Å². The molecule has 0 bridgehead atoms. The Labute approximate surface area is 135 Å². The number of halogens is 1. The molecule has 3 nitrogen and oxygen atoms in total. The minimum atomic E-state index is 0.222. The zero-order valence-electron chi connectivity index (χ0n) is 13.0. The first-order valence-electron chi connectivity index (χ1n) is 7.57. The summed E-state index contributed by atoms with van der Waals surface area (Å²) in [5, 5.41) is 4.75. The van der Waals surface area contributed by atoms with Crippen LogP contribution in [0.1, 0.15) is 38.5 Å². The minimum Gasteiger partial charge on any atom is -0.458 e. The summed E-state index contributed by atoms with van der Waals surface area (Å²) in [5.41, 5.74) is 0.926. The van der Waals surface area contributed by atoms with Crippen molar-refractivity contribution in [1.82, 2.24) is 5.32 Å². The largest absolute Gasteiger partial charge is 0.458 e. The van der Waals surface area contributed by atoms with E-state index in [4.69, 9.17) is 9.15 Å². The van der Waals surface area contributed by atoms with E-state index in [1.807, 2.05) is 12.1 Å². The van der Waals surface area contributed by atoms with E-state index in [2.05, 4.69) is 47.2 Å². The number of hydrogen-bond donors (Lipinski definition) is 1. The lowest BCUT2D eigenvalue weighted by molar-refractivity contribution is 0.167. The Morgan fingerprint density at radius 1 is 1.38 bits per heavy atom. The number of nitrogens with one attached hydrogen (secondary N) is 1. The van der Waals surface area contributed by atoms with Crippen LogP contribution in [-0.4, -0.2) is 20.3 Å². The van der Waals surface area contributed by atoms with Gasteiger partial charge in [0.1, 0.15) is 11.3 Å². The van der Waals surface area contributed by atoms with Gasteiger partial charge in [-0.2, -0.15) is 0 Å². The average Bonchev–Trinajstić information content (AvgIpc) is 2.90. The smallest absolute Gasteiger partial charge is 0.148 e. The van der Waals surface area contributed by atoms with Crippen molar-refractivity contribution in [2.24, 2.45) is 5.92 Å². The summed E-state index contributed by atoms with van der Waals surface area (Å²) in [4.78, 5) is 0. The molecule has 0 aliphatic carbocycles. The molecule has 0 saturated heterocycles. The summed E-state index contributed by atoms with van der Waals surface area (Å²) in [6.07, 6.45) is 2.12. The monoisotopic (exact) mass is 353 g/mol. The van der Waals surface area contributed by atoms with E-state index in [0.29, 0.717) is 5.92 Å². The number of ether oxygens (including phenoxy) is 1. The number of methoxy groups -OCH3 is 1. The van der Waals surface area contributed by atoms with Crippen molar-refractivity contribution in [2.75, 3.05) is 20.3 Å². The molecule has 1 aromatic carbocycles. The molecule has 2 aromatic rings. The van der Waals surface area contributed by atoms with Crippen molar-refractivity contribution >= 4 is 26.9 Å². The molecule has 0 saturated carbocycles. The number of para-hydroxylation sites is 1. The maximum atomic E-state index is 6.11. The Morgan fingerprint density at radius 3 is 2.86 bits per heavy atom. The first kappa shape index (κ1) is 16.5. The fourth-order valence-electron chi connectivity index (χ4n) is 2.55. The number of fused-ring (bicyclic) bond motifs is 1. The molecule has 1 aromatic heterocycles. The van der Waals surface area contributed by atoms with E-state index in [0.717, 1.165) is 47.2 Å². The highest BCUT2D eigenvalue weighted by atomic mass is 79.9. The lowest BCUT2D eigenvalue weighted by atomic mass is 9.96. The molecular weight excluding hydrogens is 330 g/mol. The van der Waals surface area contributed by atoms with Gasteiger partial charge in [0.25, 0.3) is 0 Å². The Kier molecular flexibility index (Phi) is 6.27. The fourth-order valence-corrected chi connectivity index (χ4v) is 3.02. The SMILES string of the molecule is CCCNC(c1cc2cccc(Br)c2o1)C(C)CCOC. The van der Waals surface area contributed by atoms with Crippen LogP contribution in [0, 0.1) is 5.92 Å². The zero-order chi connectivity index (χ0) is 15.2. The third kappa shape index (κ3) is 4.09. The molecule has 1 N–H and O–H groups in total. The van der Waals surface area contributed by atoms with Gasteiger partial charge >= 0.3 is 0 Å². The Balaban J connectivity index is 2.26. The lowest BCUT2D eigenvalue weighted by Gasteiger charge is -2.23. The standard InChI is InChI=1S/C17H24BrNO2/c1-4-9-19-16(12(2)8-10-20-3)15-11-13-6-5-7-14(18)17(13)21-15/h5-7,11-12,16,19H,4,8-10H2,1-3H3. The van der Waals surface area contributed by atoms with Gasteiger partial charge in [-0.05, 0) is 53.4 Å². The predicted molar refractivity (Wildman–Crippen MR) is 90.6 cm³/mol. The van der Waals surface area contributed by atoms with Crippen LogP contribution >= 0.6 is 15.9 Å². The highest BCUT2D eigenvalue weighted by Gasteiger charge is 2.22. The highest BCUT2D eigenvalue weighted by Crippen LogP contribution is 2.33. The van der Waals surface area contributed by atoms with Crippen LogP contribution in [0.15, 0.2) is 33.2 Å². The van der Waals surface area contributed by atoms with Gasteiger partial charge < -0.3 is 14.5 Å². The van der Waals surface area contributed by atoms with E-state index >= 15 is 0 Å². The second-order valence-electron chi connectivity index (χ2n) is 5.50. The zero-order valence-corrected chi connectivity index (χ0v) is 14.6. The molecule has 2 rings (SSSR count). The number of rotatable bonds is 8. The van der Waals surface area contributed by atoms with Crippen LogP contribution in [-0.2, 0) is 4.74 Å². The number of hydrogen-bond acceptors (Lipinski definition) is 3. The van der Waals surface area contributed by atoms with E-state index in [9.17, 15) is 0 Å². The fraction of sp³-hybridized carbons (Fsp3) is 0.529. The van der Waals surface area contributed by atoms with Crippen LogP contribution in [0.25, 0.3) is 11.0 Å². The van der Waals surface area contributed by atoms with Gasteiger partial charge in [-0.1, -0.05) is 26.0 Å². The first-order valence-corrected chi connectivity index (χ1v) is 8.37. The summed E-state index contributed by atoms with van der Waals surface area (Å²) < 4.78 is 12.3. The van der Waals surface area contributed by atoms with Crippen molar-refractivity contribution in [3.63, 3.8) is 0 Å². The Morgan fingerprint density at radius 2 is 2.19 bits per heavy atom. The average molecular weight is 354 g/mol. The molecule has 4 heteroatoms. The minimum absolute atomic E-state index is 0.222. The molecule has 0 spiro atoms. The van der Waals surface area contributed by atoms with Gasteiger partial charge in [0.05, 0.1) is 10.5 Å². The third-order valence-electron chi connectivity index (χ3n) is 3.78. The van der Waals surface area contributed by atoms with Gasteiger partial charge in [-0.3, -0.25) is 0 Å². The summed E-state index contributed by atoms with van der Waals surface area (Å²) in [5.74, 6) is 1.46. The second kappa shape index (κ2) is 7.97. The highest BCUT2D eigenvalue weighted by molar-refractivity contribution is 9.10. The lowest BCUT2D eigenvalue weighted by Crippen LogP contribution is -2.28. The Hall–Kier alpha value is -0.840. The van der Waals surface area contributed by atoms with Crippen molar-refractivity contribution < 1.29 is 9.15 Å². The van der Waals surface area contributed by atoms with E-state index < -0.39 is 0 Å². The maximum absolute atomic E-state index is 6.11. The predicted octanol–water partition coefficient (Wildman–Crippen LogP) is 4.91. The van der Waals surface area contributed by atoms with E-state index in [1.54, 1.807) is 7.11 Å². The van der Waals surface area contributed by atoms with Gasteiger partial charge in [-0.25, -0.2) is 0 Å². The quantitative estimate of drug-likeness (QED) is 0.732. The normalized spacial score (nSPS) is 14.5. The van der Waals surface area contributed by atoms with Gasteiger partial charge in [0.15, 0.2) is 0 Å². The van der Waals surface area contributed by atoms with Crippen molar-refractivity contribution in [2.45, 2.75) is 32.7 Å². The molecule has 0 aliphatic heterocycles. The molecular formula is C17H24BrNO2. The molecule has 2 atom stereocenters. The van der Waals surface area contributed by atoms with Crippen LogP contribution in [0.2, 0.25) is 0 Å². The van der Waals surface area contributed by atoms with Gasteiger partial charge in [0.2, 0.25) is 0 Å². The summed E-state index contributed by atoms with van der Waals surface area (Å²) >= 11 is 3.56. The van der Waals surface area contributed by atoms with Crippen molar-refractivity contribution in [3.05, 3.63) is 34.5 Å². The Bertz CT molecular complexity index is 567. The van der Waals surface area contributed by atoms with Crippen LogP contribution < -0.4 is 5.32 Å². The molecule has 2 unspecified atom stereocenters. The van der Waals surface area contributed by atoms with Gasteiger partial charge in [-0.15, -0.1) is 0 Å². The molecule has 116 valence electrons. The van der Waals surface area contributed by atoms with Crippen LogP contribution in [0.4, 0.5) is 0 Å². The van der Waals surface area contributed by atoms with Crippen molar-refractivity contribution in [3.8, 4) is 0 Å². The topological polar surface area (TPSA) is 34.4 Å². The van der Waals surface area contributed by atoms with Crippen molar-refractivity contribution in [1.29, 1.82) is 0 Å².